The van der Waals surface area contributed by atoms with Gasteiger partial charge in [-0.05, 0) is 31.0 Å². The summed E-state index contributed by atoms with van der Waals surface area (Å²) in [5.74, 6) is -0.0318. The van der Waals surface area contributed by atoms with E-state index in [4.69, 9.17) is 5.73 Å². The Morgan fingerprint density at radius 3 is 3.05 bits per heavy atom. The van der Waals surface area contributed by atoms with Crippen LogP contribution in [0.4, 0.5) is 5.13 Å². The van der Waals surface area contributed by atoms with E-state index < -0.39 is 0 Å². The number of carbonyl (C=O) groups excluding carboxylic acids is 1. The quantitative estimate of drug-likeness (QED) is 0.819. The molecule has 0 radical (unpaired) electrons. The predicted octanol–water partition coefficient (Wildman–Crippen LogP) is 3.56. The van der Waals surface area contributed by atoms with Crippen LogP contribution < -0.4 is 11.1 Å². The first-order valence-electron chi connectivity index (χ1n) is 6.77. The lowest BCUT2D eigenvalue weighted by Gasteiger charge is -2.04. The van der Waals surface area contributed by atoms with Crippen LogP contribution in [0.15, 0.2) is 34.9 Å². The number of carbonyl (C=O) groups is 1. The average Bonchev–Trinajstić information content (AvgIpc) is 2.83. The minimum Gasteiger partial charge on any atom is -0.328 e. The number of anilines is 1. The fourth-order valence-electron chi connectivity index (χ4n) is 1.84. The van der Waals surface area contributed by atoms with Crippen LogP contribution in [0.2, 0.25) is 0 Å². The number of nitrogens with zero attached hydrogens (tertiary/aromatic N) is 1. The second kappa shape index (κ2) is 7.68. The summed E-state index contributed by atoms with van der Waals surface area (Å²) in [4.78, 5) is 17.1. The summed E-state index contributed by atoms with van der Waals surface area (Å²) in [6.45, 7) is 1.90. The van der Waals surface area contributed by atoms with Gasteiger partial charge in [0.2, 0.25) is 5.91 Å². The Balaban J connectivity index is 1.91. The molecule has 0 saturated carbocycles. The second-order valence-electron chi connectivity index (χ2n) is 5.00. The van der Waals surface area contributed by atoms with E-state index in [2.05, 4.69) is 38.4 Å². The average molecular weight is 368 g/mol. The molecule has 21 heavy (non-hydrogen) atoms. The number of halogens is 1. The molecule has 1 heterocycles. The van der Waals surface area contributed by atoms with Gasteiger partial charge in [0, 0.05) is 34.4 Å². The van der Waals surface area contributed by atoms with Gasteiger partial charge in [-0.1, -0.05) is 28.1 Å². The maximum atomic E-state index is 11.7. The summed E-state index contributed by atoms with van der Waals surface area (Å²) >= 11 is 4.97. The molecule has 1 aromatic carbocycles. The molecule has 0 bridgehead atoms. The van der Waals surface area contributed by atoms with Crippen molar-refractivity contribution in [2.24, 2.45) is 5.73 Å². The largest absolute Gasteiger partial charge is 0.328 e. The van der Waals surface area contributed by atoms with E-state index in [9.17, 15) is 4.79 Å². The first kappa shape index (κ1) is 16.1. The van der Waals surface area contributed by atoms with Crippen LogP contribution in [0.3, 0.4) is 0 Å². The lowest BCUT2D eigenvalue weighted by molar-refractivity contribution is -0.116. The lowest BCUT2D eigenvalue weighted by atomic mass is 10.1. The van der Waals surface area contributed by atoms with Gasteiger partial charge in [-0.3, -0.25) is 4.79 Å². The zero-order valence-corrected chi connectivity index (χ0v) is 14.2. The van der Waals surface area contributed by atoms with Gasteiger partial charge in [-0.25, -0.2) is 4.98 Å². The van der Waals surface area contributed by atoms with Crippen molar-refractivity contribution in [3.8, 4) is 0 Å². The van der Waals surface area contributed by atoms with E-state index >= 15 is 0 Å². The molecule has 0 saturated heterocycles. The SMILES string of the molecule is CC(N)CCC(=O)Nc1ncc(Cc2cccc(Br)c2)s1. The molecule has 4 nitrogen and oxygen atoms in total. The Kier molecular flexibility index (Phi) is 5.90. The molecule has 0 aliphatic rings. The topological polar surface area (TPSA) is 68.0 Å². The molecule has 2 aromatic rings. The maximum absolute atomic E-state index is 11.7. The molecular weight excluding hydrogens is 350 g/mol. The summed E-state index contributed by atoms with van der Waals surface area (Å²) in [7, 11) is 0. The Bertz CT molecular complexity index is 612. The van der Waals surface area contributed by atoms with Crippen LogP contribution in [0, 0.1) is 0 Å². The van der Waals surface area contributed by atoms with Crippen LogP contribution in [0.1, 0.15) is 30.2 Å². The smallest absolute Gasteiger partial charge is 0.226 e. The molecule has 1 atom stereocenters. The molecular formula is C15H18BrN3OS. The Morgan fingerprint density at radius 1 is 1.52 bits per heavy atom. The van der Waals surface area contributed by atoms with Crippen molar-refractivity contribution >= 4 is 38.3 Å². The first-order valence-corrected chi connectivity index (χ1v) is 8.38. The molecule has 2 rings (SSSR count). The monoisotopic (exact) mass is 367 g/mol. The summed E-state index contributed by atoms with van der Waals surface area (Å²) in [6, 6.07) is 8.21. The van der Waals surface area contributed by atoms with Gasteiger partial charge in [0.1, 0.15) is 0 Å². The van der Waals surface area contributed by atoms with Crippen molar-refractivity contribution in [3.63, 3.8) is 0 Å². The summed E-state index contributed by atoms with van der Waals surface area (Å²) in [6.07, 6.45) is 3.74. The fraction of sp³-hybridized carbons (Fsp3) is 0.333. The zero-order chi connectivity index (χ0) is 15.2. The summed E-state index contributed by atoms with van der Waals surface area (Å²) < 4.78 is 1.06. The van der Waals surface area contributed by atoms with Crippen molar-refractivity contribution in [2.45, 2.75) is 32.2 Å². The molecule has 1 amide bonds. The molecule has 0 spiro atoms. The molecule has 0 aliphatic heterocycles. The highest BCUT2D eigenvalue weighted by Crippen LogP contribution is 2.22. The number of thiazole rings is 1. The number of hydrogen-bond donors (Lipinski definition) is 2. The zero-order valence-electron chi connectivity index (χ0n) is 11.8. The van der Waals surface area contributed by atoms with Gasteiger partial charge in [0.25, 0.3) is 0 Å². The second-order valence-corrected chi connectivity index (χ2v) is 7.03. The Morgan fingerprint density at radius 2 is 2.33 bits per heavy atom. The van der Waals surface area contributed by atoms with Crippen molar-refractivity contribution in [3.05, 3.63) is 45.4 Å². The Hall–Kier alpha value is -1.24. The maximum Gasteiger partial charge on any atom is 0.226 e. The van der Waals surface area contributed by atoms with Gasteiger partial charge < -0.3 is 11.1 Å². The van der Waals surface area contributed by atoms with Gasteiger partial charge in [0.15, 0.2) is 5.13 Å². The third kappa shape index (κ3) is 5.57. The summed E-state index contributed by atoms with van der Waals surface area (Å²) in [5.41, 5.74) is 6.85. The van der Waals surface area contributed by atoms with Crippen LogP contribution in [0.25, 0.3) is 0 Å². The first-order chi connectivity index (χ1) is 10.0. The highest BCUT2D eigenvalue weighted by atomic mass is 79.9. The van der Waals surface area contributed by atoms with Crippen molar-refractivity contribution in [1.82, 2.24) is 4.98 Å². The number of nitrogens with two attached hydrogens (primary N) is 1. The van der Waals surface area contributed by atoms with E-state index in [-0.39, 0.29) is 11.9 Å². The van der Waals surface area contributed by atoms with Crippen molar-refractivity contribution in [2.75, 3.05) is 5.32 Å². The lowest BCUT2D eigenvalue weighted by Crippen LogP contribution is -2.19. The number of rotatable bonds is 6. The third-order valence-electron chi connectivity index (χ3n) is 2.89. The minimum atomic E-state index is -0.0318. The van der Waals surface area contributed by atoms with Crippen LogP contribution >= 0.6 is 27.3 Å². The van der Waals surface area contributed by atoms with Crippen molar-refractivity contribution in [1.29, 1.82) is 0 Å². The van der Waals surface area contributed by atoms with Crippen LogP contribution in [0.5, 0.6) is 0 Å². The van der Waals surface area contributed by atoms with Gasteiger partial charge in [-0.15, -0.1) is 11.3 Å². The highest BCUT2D eigenvalue weighted by Gasteiger charge is 2.08. The standard InChI is InChI=1S/C15H18BrN3OS/c1-10(17)5-6-14(20)19-15-18-9-13(21-15)8-11-3-2-4-12(16)7-11/h2-4,7,9-10H,5-6,8,17H2,1H3,(H,18,19,20). The fourth-order valence-corrected chi connectivity index (χ4v) is 3.15. The molecule has 3 N–H and O–H groups in total. The summed E-state index contributed by atoms with van der Waals surface area (Å²) in [5, 5.41) is 3.47. The van der Waals surface area contributed by atoms with Crippen LogP contribution in [-0.4, -0.2) is 16.9 Å². The van der Waals surface area contributed by atoms with E-state index in [0.29, 0.717) is 18.0 Å². The molecule has 112 valence electrons. The molecule has 0 fully saturated rings. The molecule has 1 unspecified atom stereocenters. The molecule has 1 aromatic heterocycles. The van der Waals surface area contributed by atoms with E-state index in [1.165, 1.54) is 16.9 Å². The number of hydrogen-bond acceptors (Lipinski definition) is 4. The van der Waals surface area contributed by atoms with E-state index in [1.54, 1.807) is 0 Å². The number of benzene rings is 1. The highest BCUT2D eigenvalue weighted by molar-refractivity contribution is 9.10. The van der Waals surface area contributed by atoms with Gasteiger partial charge in [0.05, 0.1) is 0 Å². The normalized spacial score (nSPS) is 12.1. The number of aromatic nitrogens is 1. The van der Waals surface area contributed by atoms with E-state index in [0.717, 1.165) is 15.8 Å². The Labute approximate surface area is 136 Å². The number of nitrogens with one attached hydrogen (secondary N) is 1. The van der Waals surface area contributed by atoms with Crippen LogP contribution in [-0.2, 0) is 11.2 Å². The van der Waals surface area contributed by atoms with Crippen molar-refractivity contribution < 1.29 is 4.79 Å². The van der Waals surface area contributed by atoms with E-state index in [1.807, 2.05) is 25.3 Å². The molecule has 6 heteroatoms. The predicted molar refractivity (Wildman–Crippen MR) is 90.6 cm³/mol. The van der Waals surface area contributed by atoms with Gasteiger partial charge >= 0.3 is 0 Å². The van der Waals surface area contributed by atoms with Gasteiger partial charge in [-0.2, -0.15) is 0 Å². The third-order valence-corrected chi connectivity index (χ3v) is 4.30. The molecule has 0 aliphatic carbocycles. The number of amides is 1. The minimum absolute atomic E-state index is 0.0318.